The van der Waals surface area contributed by atoms with Gasteiger partial charge in [0, 0.05) is 38.1 Å². The van der Waals surface area contributed by atoms with Crippen LogP contribution in [0.3, 0.4) is 0 Å². The van der Waals surface area contributed by atoms with E-state index in [1.807, 2.05) is 11.9 Å². The maximum atomic E-state index is 12.9. The van der Waals surface area contributed by atoms with E-state index >= 15 is 0 Å². The Kier molecular flexibility index (Phi) is 8.36. The molecule has 0 aliphatic carbocycles. The van der Waals surface area contributed by atoms with Crippen molar-refractivity contribution in [2.24, 2.45) is 5.92 Å². The summed E-state index contributed by atoms with van der Waals surface area (Å²) in [7, 11) is 1.97. The Morgan fingerprint density at radius 1 is 1.03 bits per heavy atom. The fourth-order valence-corrected chi connectivity index (χ4v) is 5.58. The number of nitrogens with zero attached hydrogens (tertiary/aromatic N) is 3. The third kappa shape index (κ3) is 6.51. The second-order valence-electron chi connectivity index (χ2n) is 9.75. The standard InChI is InChI=1S/C25H41N5O/c1-28(20-23-9-14-26-27-23)25(31)22-10-18-30(19-11-22)24-12-16-29(17-13-24)15-5-8-21-6-3-2-4-7-21/h2-4,6-7,22-24,26-27H,5,8-20H2,1H3. The molecule has 0 aromatic heterocycles. The summed E-state index contributed by atoms with van der Waals surface area (Å²) in [4.78, 5) is 20.1. The van der Waals surface area contributed by atoms with E-state index in [1.54, 1.807) is 0 Å². The Hall–Kier alpha value is -1.47. The van der Waals surface area contributed by atoms with Gasteiger partial charge in [0.15, 0.2) is 0 Å². The van der Waals surface area contributed by atoms with Crippen molar-refractivity contribution in [1.29, 1.82) is 0 Å². The fraction of sp³-hybridized carbons (Fsp3) is 0.720. The van der Waals surface area contributed by atoms with Gasteiger partial charge in [-0.1, -0.05) is 30.3 Å². The molecule has 0 radical (unpaired) electrons. The molecule has 1 amide bonds. The summed E-state index contributed by atoms with van der Waals surface area (Å²) < 4.78 is 0. The number of carbonyl (C=O) groups is 1. The van der Waals surface area contributed by atoms with Crippen molar-refractivity contribution < 1.29 is 4.79 Å². The van der Waals surface area contributed by atoms with E-state index in [-0.39, 0.29) is 5.92 Å². The molecule has 1 atom stereocenters. The summed E-state index contributed by atoms with van der Waals surface area (Å²) >= 11 is 0. The molecule has 3 heterocycles. The topological polar surface area (TPSA) is 50.9 Å². The minimum absolute atomic E-state index is 0.216. The van der Waals surface area contributed by atoms with Gasteiger partial charge < -0.3 is 14.7 Å². The number of aryl methyl sites for hydroxylation is 1. The van der Waals surface area contributed by atoms with Crippen LogP contribution in [0.2, 0.25) is 0 Å². The average molecular weight is 428 g/mol. The highest BCUT2D eigenvalue weighted by Crippen LogP contribution is 2.25. The van der Waals surface area contributed by atoms with Gasteiger partial charge in [-0.05, 0) is 83.2 Å². The van der Waals surface area contributed by atoms with Crippen LogP contribution in [0.15, 0.2) is 30.3 Å². The average Bonchev–Trinajstić information content (AvgIpc) is 3.33. The van der Waals surface area contributed by atoms with Gasteiger partial charge in [-0.15, -0.1) is 0 Å². The largest absolute Gasteiger partial charge is 0.344 e. The number of rotatable bonds is 8. The van der Waals surface area contributed by atoms with Gasteiger partial charge in [0.2, 0.25) is 5.91 Å². The molecule has 3 saturated heterocycles. The molecule has 172 valence electrons. The van der Waals surface area contributed by atoms with Crippen molar-refractivity contribution in [3.05, 3.63) is 35.9 Å². The van der Waals surface area contributed by atoms with Gasteiger partial charge in [-0.25, -0.2) is 0 Å². The van der Waals surface area contributed by atoms with E-state index in [0.717, 1.165) is 45.4 Å². The summed E-state index contributed by atoms with van der Waals surface area (Å²) in [5.74, 6) is 0.565. The van der Waals surface area contributed by atoms with Crippen LogP contribution in [0.25, 0.3) is 0 Å². The quantitative estimate of drug-likeness (QED) is 0.666. The summed E-state index contributed by atoms with van der Waals surface area (Å²) in [5, 5.41) is 0. The van der Waals surface area contributed by atoms with Gasteiger partial charge in [-0.3, -0.25) is 15.6 Å². The molecule has 1 aromatic carbocycles. The lowest BCUT2D eigenvalue weighted by molar-refractivity contribution is -0.136. The second-order valence-corrected chi connectivity index (χ2v) is 9.75. The normalized spacial score (nSPS) is 24.5. The van der Waals surface area contributed by atoms with Crippen LogP contribution in [0.4, 0.5) is 0 Å². The van der Waals surface area contributed by atoms with Crippen LogP contribution in [-0.2, 0) is 11.2 Å². The summed E-state index contributed by atoms with van der Waals surface area (Å²) in [6.07, 6.45) is 8.15. The minimum atomic E-state index is 0.216. The maximum absolute atomic E-state index is 12.9. The van der Waals surface area contributed by atoms with E-state index in [1.165, 1.54) is 50.9 Å². The van der Waals surface area contributed by atoms with Gasteiger partial charge in [0.05, 0.1) is 0 Å². The second kappa shape index (κ2) is 11.4. The SMILES string of the molecule is CN(CC1CCNN1)C(=O)C1CCN(C2CCN(CCCc3ccccc3)CC2)CC1. The molecular weight excluding hydrogens is 386 g/mol. The van der Waals surface area contributed by atoms with E-state index < -0.39 is 0 Å². The van der Waals surface area contributed by atoms with Gasteiger partial charge in [0.1, 0.15) is 0 Å². The molecule has 2 N–H and O–H groups in total. The first-order valence-electron chi connectivity index (χ1n) is 12.4. The zero-order valence-corrected chi connectivity index (χ0v) is 19.3. The number of carbonyl (C=O) groups excluding carboxylic acids is 1. The number of amides is 1. The van der Waals surface area contributed by atoms with E-state index in [2.05, 4.69) is 51.0 Å². The van der Waals surface area contributed by atoms with Gasteiger partial charge >= 0.3 is 0 Å². The lowest BCUT2D eigenvalue weighted by Crippen LogP contribution is -2.50. The highest BCUT2D eigenvalue weighted by molar-refractivity contribution is 5.78. The molecule has 4 rings (SSSR count). The molecule has 6 heteroatoms. The van der Waals surface area contributed by atoms with Crippen LogP contribution < -0.4 is 10.9 Å². The number of likely N-dealkylation sites (N-methyl/N-ethyl adjacent to an activating group) is 1. The number of nitrogens with one attached hydrogen (secondary N) is 2. The number of benzene rings is 1. The van der Waals surface area contributed by atoms with Crippen LogP contribution >= 0.6 is 0 Å². The minimum Gasteiger partial charge on any atom is -0.344 e. The summed E-state index contributed by atoms with van der Waals surface area (Å²) in [6.45, 7) is 7.66. The van der Waals surface area contributed by atoms with Gasteiger partial charge in [-0.2, -0.15) is 0 Å². The third-order valence-electron chi connectivity index (χ3n) is 7.53. The van der Waals surface area contributed by atoms with E-state index in [9.17, 15) is 4.79 Å². The predicted octanol–water partition coefficient (Wildman–Crippen LogP) is 2.12. The predicted molar refractivity (Wildman–Crippen MR) is 126 cm³/mol. The molecule has 6 nitrogen and oxygen atoms in total. The molecule has 31 heavy (non-hydrogen) atoms. The number of hydrogen-bond donors (Lipinski definition) is 2. The molecule has 3 aliphatic rings. The van der Waals surface area contributed by atoms with Crippen LogP contribution in [0, 0.1) is 5.92 Å². The van der Waals surface area contributed by atoms with Crippen molar-refractivity contribution >= 4 is 5.91 Å². The zero-order valence-electron chi connectivity index (χ0n) is 19.3. The van der Waals surface area contributed by atoms with Crippen LogP contribution in [0.1, 0.15) is 44.1 Å². The third-order valence-corrected chi connectivity index (χ3v) is 7.53. The van der Waals surface area contributed by atoms with Crippen molar-refractivity contribution in [1.82, 2.24) is 25.6 Å². The van der Waals surface area contributed by atoms with Crippen LogP contribution in [0.5, 0.6) is 0 Å². The molecule has 0 spiro atoms. The molecule has 0 saturated carbocycles. The summed E-state index contributed by atoms with van der Waals surface area (Å²) in [6, 6.07) is 12.0. The molecule has 1 aromatic rings. The first kappa shape index (κ1) is 22.7. The number of hydrazine groups is 1. The lowest BCUT2D eigenvalue weighted by atomic mass is 9.92. The Morgan fingerprint density at radius 3 is 2.45 bits per heavy atom. The molecule has 1 unspecified atom stereocenters. The zero-order chi connectivity index (χ0) is 21.5. The van der Waals surface area contributed by atoms with E-state index in [4.69, 9.17) is 0 Å². The monoisotopic (exact) mass is 427 g/mol. The highest BCUT2D eigenvalue weighted by Gasteiger charge is 2.32. The van der Waals surface area contributed by atoms with Crippen molar-refractivity contribution in [2.75, 3.05) is 52.9 Å². The van der Waals surface area contributed by atoms with E-state index in [0.29, 0.717) is 18.0 Å². The van der Waals surface area contributed by atoms with Crippen molar-refractivity contribution in [3.63, 3.8) is 0 Å². The fourth-order valence-electron chi connectivity index (χ4n) is 5.58. The van der Waals surface area contributed by atoms with Crippen LogP contribution in [-0.4, -0.2) is 85.6 Å². The molecule has 3 aliphatic heterocycles. The number of hydrogen-bond acceptors (Lipinski definition) is 5. The smallest absolute Gasteiger partial charge is 0.225 e. The molecule has 0 bridgehead atoms. The van der Waals surface area contributed by atoms with Gasteiger partial charge in [0.25, 0.3) is 0 Å². The maximum Gasteiger partial charge on any atom is 0.225 e. The van der Waals surface area contributed by atoms with Crippen molar-refractivity contribution in [2.45, 2.75) is 57.0 Å². The Balaban J connectivity index is 1.12. The Bertz CT molecular complexity index is 662. The van der Waals surface area contributed by atoms with Crippen molar-refractivity contribution in [3.8, 4) is 0 Å². The first-order chi connectivity index (χ1) is 15.2. The summed E-state index contributed by atoms with van der Waals surface area (Å²) in [5.41, 5.74) is 7.88. The number of likely N-dealkylation sites (tertiary alicyclic amines) is 2. The Labute approximate surface area is 188 Å². The lowest BCUT2D eigenvalue weighted by Gasteiger charge is -2.42. The molecule has 3 fully saturated rings. The highest BCUT2D eigenvalue weighted by atomic mass is 16.2. The Morgan fingerprint density at radius 2 is 1.77 bits per heavy atom. The first-order valence-corrected chi connectivity index (χ1v) is 12.4. The molecular formula is C25H41N5O. The number of piperidine rings is 2.